The van der Waals surface area contributed by atoms with Gasteiger partial charge in [0.25, 0.3) is 0 Å². The molecule has 2 N–H and O–H groups in total. The van der Waals surface area contributed by atoms with Gasteiger partial charge in [0.05, 0.1) is 0 Å². The lowest BCUT2D eigenvalue weighted by molar-refractivity contribution is 0.251. The quantitative estimate of drug-likeness (QED) is 0.780. The second kappa shape index (κ2) is 7.95. The zero-order valence-corrected chi connectivity index (χ0v) is 11.6. The lowest BCUT2D eigenvalue weighted by atomic mass is 10.3. The monoisotopic (exact) mass is 269 g/mol. The van der Waals surface area contributed by atoms with Crippen LogP contribution in [0.15, 0.2) is 24.3 Å². The van der Waals surface area contributed by atoms with Gasteiger partial charge in [-0.3, -0.25) is 0 Å². The fraction of sp³-hybridized carbons (Fsp3) is 0.462. The third-order valence-corrected chi connectivity index (χ3v) is 2.64. The number of hydrogen-bond acceptors (Lipinski definition) is 2. The van der Waals surface area contributed by atoms with Crippen LogP contribution in [0.3, 0.4) is 0 Å². The number of rotatable bonds is 6. The number of benzene rings is 1. The highest BCUT2D eigenvalue weighted by Gasteiger charge is 2.01. The molecular formula is C13H20ClN3O. The SMILES string of the molecule is CN(C)CCCCNC(=O)Nc1cccc(Cl)c1. The van der Waals surface area contributed by atoms with Crippen LogP contribution in [0, 0.1) is 0 Å². The number of nitrogens with one attached hydrogen (secondary N) is 2. The van der Waals surface area contributed by atoms with Crippen LogP contribution in [0.25, 0.3) is 0 Å². The highest BCUT2D eigenvalue weighted by atomic mass is 35.5. The number of carbonyl (C=O) groups excluding carboxylic acids is 1. The zero-order chi connectivity index (χ0) is 13.4. The molecule has 0 heterocycles. The van der Waals surface area contributed by atoms with E-state index in [2.05, 4.69) is 15.5 Å². The summed E-state index contributed by atoms with van der Waals surface area (Å²) in [4.78, 5) is 13.7. The van der Waals surface area contributed by atoms with Crippen molar-refractivity contribution in [2.75, 3.05) is 32.5 Å². The maximum Gasteiger partial charge on any atom is 0.319 e. The average molecular weight is 270 g/mol. The van der Waals surface area contributed by atoms with E-state index in [0.717, 1.165) is 19.4 Å². The van der Waals surface area contributed by atoms with Gasteiger partial charge in [0.2, 0.25) is 0 Å². The maximum absolute atomic E-state index is 11.5. The Bertz CT molecular complexity index is 382. The van der Waals surface area contributed by atoms with Crippen LogP contribution >= 0.6 is 11.6 Å². The largest absolute Gasteiger partial charge is 0.338 e. The van der Waals surface area contributed by atoms with Crippen LogP contribution in [-0.4, -0.2) is 38.1 Å². The number of unbranched alkanes of at least 4 members (excludes halogenated alkanes) is 1. The van der Waals surface area contributed by atoms with Gasteiger partial charge in [0.15, 0.2) is 0 Å². The topological polar surface area (TPSA) is 44.4 Å². The molecular weight excluding hydrogens is 250 g/mol. The Morgan fingerprint density at radius 1 is 1.33 bits per heavy atom. The molecule has 0 saturated carbocycles. The van der Waals surface area contributed by atoms with E-state index < -0.39 is 0 Å². The van der Waals surface area contributed by atoms with Crippen molar-refractivity contribution in [3.05, 3.63) is 29.3 Å². The molecule has 1 aromatic carbocycles. The molecule has 0 unspecified atom stereocenters. The van der Waals surface area contributed by atoms with Crippen molar-refractivity contribution in [1.82, 2.24) is 10.2 Å². The van der Waals surface area contributed by atoms with Gasteiger partial charge in [-0.2, -0.15) is 0 Å². The summed E-state index contributed by atoms with van der Waals surface area (Å²) < 4.78 is 0. The smallest absolute Gasteiger partial charge is 0.319 e. The van der Waals surface area contributed by atoms with Crippen molar-refractivity contribution in [3.8, 4) is 0 Å². The van der Waals surface area contributed by atoms with Gasteiger partial charge in [0.1, 0.15) is 0 Å². The summed E-state index contributed by atoms with van der Waals surface area (Å²) in [6, 6.07) is 6.90. The predicted molar refractivity (Wildman–Crippen MR) is 76.3 cm³/mol. The molecule has 1 aromatic rings. The molecule has 0 aliphatic rings. The van der Waals surface area contributed by atoms with Crippen LogP contribution < -0.4 is 10.6 Å². The fourth-order valence-corrected chi connectivity index (χ4v) is 1.69. The molecule has 0 aliphatic carbocycles. The Morgan fingerprint density at radius 2 is 2.11 bits per heavy atom. The van der Waals surface area contributed by atoms with Crippen molar-refractivity contribution < 1.29 is 4.79 Å². The molecule has 5 heteroatoms. The van der Waals surface area contributed by atoms with Crippen molar-refractivity contribution in [3.63, 3.8) is 0 Å². The summed E-state index contributed by atoms with van der Waals surface area (Å²) in [5.74, 6) is 0. The summed E-state index contributed by atoms with van der Waals surface area (Å²) >= 11 is 5.83. The zero-order valence-electron chi connectivity index (χ0n) is 10.9. The number of amides is 2. The number of urea groups is 1. The van der Waals surface area contributed by atoms with E-state index >= 15 is 0 Å². The molecule has 0 spiro atoms. The normalized spacial score (nSPS) is 10.4. The highest BCUT2D eigenvalue weighted by molar-refractivity contribution is 6.30. The number of anilines is 1. The minimum Gasteiger partial charge on any atom is -0.338 e. The molecule has 0 saturated heterocycles. The van der Waals surface area contributed by atoms with Crippen LogP contribution in [0.1, 0.15) is 12.8 Å². The molecule has 4 nitrogen and oxygen atoms in total. The molecule has 100 valence electrons. The first-order valence-corrected chi connectivity index (χ1v) is 6.41. The number of nitrogens with zero attached hydrogens (tertiary/aromatic N) is 1. The fourth-order valence-electron chi connectivity index (χ4n) is 1.50. The maximum atomic E-state index is 11.5. The predicted octanol–water partition coefficient (Wildman–Crippen LogP) is 2.80. The summed E-state index contributed by atoms with van der Waals surface area (Å²) in [6.45, 7) is 1.72. The first kappa shape index (κ1) is 14.8. The second-order valence-corrected chi connectivity index (χ2v) is 4.84. The Hall–Kier alpha value is -1.26. The third-order valence-electron chi connectivity index (χ3n) is 2.40. The van der Waals surface area contributed by atoms with Crippen molar-refractivity contribution >= 4 is 23.3 Å². The van der Waals surface area contributed by atoms with E-state index in [9.17, 15) is 4.79 Å². The average Bonchev–Trinajstić information content (AvgIpc) is 2.28. The van der Waals surface area contributed by atoms with E-state index in [-0.39, 0.29) is 6.03 Å². The molecule has 0 atom stereocenters. The minimum absolute atomic E-state index is 0.192. The van der Waals surface area contributed by atoms with Crippen molar-refractivity contribution in [2.45, 2.75) is 12.8 Å². The van der Waals surface area contributed by atoms with Crippen LogP contribution in [0.4, 0.5) is 10.5 Å². The van der Waals surface area contributed by atoms with Gasteiger partial charge in [-0.25, -0.2) is 4.79 Å². The standard InChI is InChI=1S/C13H20ClN3O/c1-17(2)9-4-3-8-15-13(18)16-12-7-5-6-11(14)10-12/h5-7,10H,3-4,8-9H2,1-2H3,(H2,15,16,18). The Balaban J connectivity index is 2.18. The molecule has 18 heavy (non-hydrogen) atoms. The van der Waals surface area contributed by atoms with Gasteiger partial charge in [-0.15, -0.1) is 0 Å². The molecule has 0 aromatic heterocycles. The third kappa shape index (κ3) is 6.47. The Morgan fingerprint density at radius 3 is 2.78 bits per heavy atom. The van der Waals surface area contributed by atoms with E-state index in [1.54, 1.807) is 24.3 Å². The number of carbonyl (C=O) groups is 1. The van der Waals surface area contributed by atoms with Crippen molar-refractivity contribution in [1.29, 1.82) is 0 Å². The van der Waals surface area contributed by atoms with Gasteiger partial charge >= 0.3 is 6.03 Å². The molecule has 1 rings (SSSR count). The van der Waals surface area contributed by atoms with Gasteiger partial charge in [-0.1, -0.05) is 17.7 Å². The molecule has 0 fully saturated rings. The summed E-state index contributed by atoms with van der Waals surface area (Å²) in [5, 5.41) is 6.16. The first-order chi connectivity index (χ1) is 8.58. The first-order valence-electron chi connectivity index (χ1n) is 6.03. The van der Waals surface area contributed by atoms with Crippen LogP contribution in [-0.2, 0) is 0 Å². The number of halogens is 1. The molecule has 0 radical (unpaired) electrons. The van der Waals surface area contributed by atoms with Crippen LogP contribution in [0.5, 0.6) is 0 Å². The molecule has 0 aliphatic heterocycles. The van der Waals surface area contributed by atoms with E-state index in [1.807, 2.05) is 14.1 Å². The summed E-state index contributed by atoms with van der Waals surface area (Å²) in [6.07, 6.45) is 2.05. The number of hydrogen-bond donors (Lipinski definition) is 2. The van der Waals surface area contributed by atoms with E-state index in [4.69, 9.17) is 11.6 Å². The van der Waals surface area contributed by atoms with Gasteiger partial charge in [-0.05, 0) is 51.7 Å². The van der Waals surface area contributed by atoms with E-state index in [0.29, 0.717) is 17.3 Å². The molecule has 0 bridgehead atoms. The lowest BCUT2D eigenvalue weighted by Crippen LogP contribution is -2.29. The minimum atomic E-state index is -0.192. The summed E-state index contributed by atoms with van der Waals surface area (Å²) in [5.41, 5.74) is 0.702. The second-order valence-electron chi connectivity index (χ2n) is 4.40. The Kier molecular flexibility index (Phi) is 6.54. The van der Waals surface area contributed by atoms with Gasteiger partial charge < -0.3 is 15.5 Å². The Labute approximate surface area is 113 Å². The van der Waals surface area contributed by atoms with Crippen LogP contribution in [0.2, 0.25) is 5.02 Å². The van der Waals surface area contributed by atoms with E-state index in [1.165, 1.54) is 0 Å². The van der Waals surface area contributed by atoms with Gasteiger partial charge in [0, 0.05) is 17.3 Å². The lowest BCUT2D eigenvalue weighted by Gasteiger charge is -2.10. The highest BCUT2D eigenvalue weighted by Crippen LogP contribution is 2.14. The summed E-state index contributed by atoms with van der Waals surface area (Å²) in [7, 11) is 4.08. The van der Waals surface area contributed by atoms with Crippen molar-refractivity contribution in [2.24, 2.45) is 0 Å². The molecule has 2 amide bonds.